The van der Waals surface area contributed by atoms with Gasteiger partial charge in [-0.1, -0.05) is 6.92 Å². The summed E-state index contributed by atoms with van der Waals surface area (Å²) in [6.07, 6.45) is 2.25. The van der Waals surface area contributed by atoms with E-state index in [2.05, 4.69) is 24.2 Å². The molecule has 2 rings (SSSR count). The fourth-order valence-corrected chi connectivity index (χ4v) is 1.94. The molecular weight excluding hydrogens is 240 g/mol. The molecule has 0 bridgehead atoms. The average molecular weight is 262 g/mol. The molecule has 1 aliphatic rings. The fourth-order valence-electron chi connectivity index (χ4n) is 1.94. The van der Waals surface area contributed by atoms with Gasteiger partial charge >= 0.3 is 0 Å². The molecule has 1 atom stereocenters. The van der Waals surface area contributed by atoms with Gasteiger partial charge in [0.2, 0.25) is 0 Å². The van der Waals surface area contributed by atoms with Crippen molar-refractivity contribution in [2.24, 2.45) is 4.99 Å². The van der Waals surface area contributed by atoms with Crippen LogP contribution in [0, 0.1) is 0 Å². The highest BCUT2D eigenvalue weighted by Crippen LogP contribution is 2.29. The van der Waals surface area contributed by atoms with Crippen LogP contribution in [-0.2, 0) is 0 Å². The van der Waals surface area contributed by atoms with Crippen molar-refractivity contribution in [2.45, 2.75) is 32.8 Å². The van der Waals surface area contributed by atoms with Crippen LogP contribution < -0.4 is 14.8 Å². The number of hydrogen-bond donors (Lipinski definition) is 1. The van der Waals surface area contributed by atoms with Crippen molar-refractivity contribution in [2.75, 3.05) is 20.2 Å². The Morgan fingerprint density at radius 3 is 2.84 bits per heavy atom. The number of methoxy groups -OCH3 is 1. The predicted octanol–water partition coefficient (Wildman–Crippen LogP) is 2.61. The number of amidine groups is 1. The number of nitrogens with one attached hydrogen (secondary N) is 1. The van der Waals surface area contributed by atoms with E-state index in [1.165, 1.54) is 0 Å². The fraction of sp³-hybridized carbons (Fsp3) is 0.533. The second kappa shape index (κ2) is 6.45. The first-order valence-electron chi connectivity index (χ1n) is 6.88. The predicted molar refractivity (Wildman–Crippen MR) is 77.4 cm³/mol. The molecule has 1 aromatic rings. The zero-order chi connectivity index (χ0) is 13.7. The maximum absolute atomic E-state index is 5.84. The molecule has 104 valence electrons. The second-order valence-corrected chi connectivity index (χ2v) is 4.71. The summed E-state index contributed by atoms with van der Waals surface area (Å²) < 4.78 is 11.3. The van der Waals surface area contributed by atoms with Crippen LogP contribution in [0.5, 0.6) is 11.5 Å². The molecule has 0 aliphatic carbocycles. The third kappa shape index (κ3) is 3.40. The number of benzene rings is 1. The highest BCUT2D eigenvalue weighted by atomic mass is 16.5. The van der Waals surface area contributed by atoms with Crippen LogP contribution >= 0.6 is 0 Å². The Morgan fingerprint density at radius 1 is 1.37 bits per heavy atom. The van der Waals surface area contributed by atoms with Gasteiger partial charge in [-0.05, 0) is 38.0 Å². The van der Waals surface area contributed by atoms with E-state index >= 15 is 0 Å². The van der Waals surface area contributed by atoms with Crippen LogP contribution in [0.2, 0.25) is 0 Å². The monoisotopic (exact) mass is 262 g/mol. The lowest BCUT2D eigenvalue weighted by molar-refractivity contribution is 0.207. The molecule has 0 aromatic heterocycles. The highest BCUT2D eigenvalue weighted by Gasteiger charge is 2.12. The number of rotatable bonds is 5. The van der Waals surface area contributed by atoms with E-state index in [0.29, 0.717) is 0 Å². The molecule has 1 aromatic carbocycles. The number of nitrogens with zero attached hydrogens (tertiary/aromatic N) is 1. The van der Waals surface area contributed by atoms with Gasteiger partial charge in [-0.2, -0.15) is 0 Å². The maximum Gasteiger partial charge on any atom is 0.161 e. The number of aliphatic imine (C=N–C) groups is 1. The molecule has 0 fully saturated rings. The molecular formula is C15H22N2O2. The minimum atomic E-state index is 0.185. The van der Waals surface area contributed by atoms with Crippen LogP contribution in [0.3, 0.4) is 0 Å². The average Bonchev–Trinajstić information content (AvgIpc) is 2.48. The van der Waals surface area contributed by atoms with E-state index in [0.717, 1.165) is 48.8 Å². The van der Waals surface area contributed by atoms with Crippen molar-refractivity contribution in [1.82, 2.24) is 5.32 Å². The topological polar surface area (TPSA) is 42.8 Å². The number of hydrogen-bond acceptors (Lipinski definition) is 4. The third-order valence-electron chi connectivity index (χ3n) is 3.24. The molecule has 4 heteroatoms. The van der Waals surface area contributed by atoms with Crippen LogP contribution in [-0.4, -0.2) is 32.1 Å². The standard InChI is InChI=1S/C15H22N2O2/c1-4-11(2)19-13-7-6-12(10-14(13)18-3)15-16-8-5-9-17-15/h6-7,10-11H,4-5,8-9H2,1-3H3,(H,16,17). The normalized spacial score (nSPS) is 16.3. The van der Waals surface area contributed by atoms with Crippen molar-refractivity contribution in [3.63, 3.8) is 0 Å². The van der Waals surface area contributed by atoms with Gasteiger partial charge in [0.05, 0.1) is 13.2 Å². The summed E-state index contributed by atoms with van der Waals surface area (Å²) >= 11 is 0. The summed E-state index contributed by atoms with van der Waals surface area (Å²) in [5.74, 6) is 2.49. The smallest absolute Gasteiger partial charge is 0.161 e. The van der Waals surface area contributed by atoms with Crippen molar-refractivity contribution in [3.8, 4) is 11.5 Å². The summed E-state index contributed by atoms with van der Waals surface area (Å²) in [7, 11) is 1.67. The van der Waals surface area contributed by atoms with Crippen molar-refractivity contribution >= 4 is 5.84 Å². The molecule has 0 spiro atoms. The minimum absolute atomic E-state index is 0.185. The molecule has 0 saturated heterocycles. The highest BCUT2D eigenvalue weighted by molar-refractivity contribution is 5.99. The van der Waals surface area contributed by atoms with Crippen LogP contribution in [0.25, 0.3) is 0 Å². The van der Waals surface area contributed by atoms with Gasteiger partial charge in [-0.25, -0.2) is 0 Å². The van der Waals surface area contributed by atoms with E-state index in [9.17, 15) is 0 Å². The van der Waals surface area contributed by atoms with Gasteiger partial charge in [0.1, 0.15) is 5.84 Å². The summed E-state index contributed by atoms with van der Waals surface area (Å²) in [6.45, 7) is 6.02. The molecule has 0 radical (unpaired) electrons. The zero-order valence-electron chi connectivity index (χ0n) is 11.9. The van der Waals surface area contributed by atoms with Crippen LogP contribution in [0.15, 0.2) is 23.2 Å². The van der Waals surface area contributed by atoms with Gasteiger partial charge in [-0.15, -0.1) is 0 Å². The first-order valence-corrected chi connectivity index (χ1v) is 6.88. The van der Waals surface area contributed by atoms with E-state index < -0.39 is 0 Å². The lowest BCUT2D eigenvalue weighted by Crippen LogP contribution is -2.30. The summed E-state index contributed by atoms with van der Waals surface area (Å²) in [5.41, 5.74) is 1.05. The Morgan fingerprint density at radius 2 is 2.21 bits per heavy atom. The van der Waals surface area contributed by atoms with Gasteiger partial charge in [-0.3, -0.25) is 4.99 Å². The summed E-state index contributed by atoms with van der Waals surface area (Å²) in [6, 6.07) is 5.96. The van der Waals surface area contributed by atoms with Gasteiger partial charge in [0.25, 0.3) is 0 Å². The van der Waals surface area contributed by atoms with E-state index in [-0.39, 0.29) is 6.10 Å². The van der Waals surface area contributed by atoms with Gasteiger partial charge < -0.3 is 14.8 Å². The first-order chi connectivity index (χ1) is 9.24. The third-order valence-corrected chi connectivity index (χ3v) is 3.24. The van der Waals surface area contributed by atoms with Crippen molar-refractivity contribution < 1.29 is 9.47 Å². The van der Waals surface area contributed by atoms with Gasteiger partial charge in [0, 0.05) is 18.7 Å². The van der Waals surface area contributed by atoms with Crippen LogP contribution in [0.4, 0.5) is 0 Å². The lowest BCUT2D eigenvalue weighted by atomic mass is 10.1. The largest absolute Gasteiger partial charge is 0.493 e. The summed E-state index contributed by atoms with van der Waals surface area (Å²) in [5, 5.41) is 3.31. The van der Waals surface area contributed by atoms with E-state index in [4.69, 9.17) is 9.47 Å². The first kappa shape index (κ1) is 13.7. The maximum atomic E-state index is 5.84. The molecule has 1 N–H and O–H groups in total. The molecule has 19 heavy (non-hydrogen) atoms. The lowest BCUT2D eigenvalue weighted by Gasteiger charge is -2.18. The van der Waals surface area contributed by atoms with Crippen molar-refractivity contribution in [1.29, 1.82) is 0 Å². The molecule has 1 heterocycles. The molecule has 4 nitrogen and oxygen atoms in total. The summed E-state index contributed by atoms with van der Waals surface area (Å²) in [4.78, 5) is 4.49. The second-order valence-electron chi connectivity index (χ2n) is 4.71. The Labute approximate surface area is 114 Å². The molecule has 0 amide bonds. The quantitative estimate of drug-likeness (QED) is 0.887. The van der Waals surface area contributed by atoms with E-state index in [1.807, 2.05) is 18.2 Å². The Bertz CT molecular complexity index is 457. The Balaban J connectivity index is 2.22. The Hall–Kier alpha value is -1.71. The van der Waals surface area contributed by atoms with Crippen molar-refractivity contribution in [3.05, 3.63) is 23.8 Å². The zero-order valence-corrected chi connectivity index (χ0v) is 11.9. The molecule has 1 unspecified atom stereocenters. The minimum Gasteiger partial charge on any atom is -0.493 e. The molecule has 1 aliphatic heterocycles. The van der Waals surface area contributed by atoms with E-state index in [1.54, 1.807) is 7.11 Å². The van der Waals surface area contributed by atoms with Gasteiger partial charge in [0.15, 0.2) is 11.5 Å². The molecule has 0 saturated carbocycles. The Kier molecular flexibility index (Phi) is 4.66. The SMILES string of the molecule is CCC(C)Oc1ccc(C2=NCCCN2)cc1OC. The number of ether oxygens (including phenoxy) is 2. The van der Waals surface area contributed by atoms with Crippen LogP contribution in [0.1, 0.15) is 32.3 Å².